The van der Waals surface area contributed by atoms with E-state index in [1.165, 1.54) is 23.7 Å². The first-order chi connectivity index (χ1) is 15.2. The predicted molar refractivity (Wildman–Crippen MR) is 121 cm³/mol. The molecule has 2 rings (SSSR count). The number of hydrogen-bond acceptors (Lipinski definition) is 7. The van der Waals surface area contributed by atoms with E-state index in [1.807, 2.05) is 13.8 Å². The van der Waals surface area contributed by atoms with E-state index in [1.54, 1.807) is 12.1 Å². The highest BCUT2D eigenvalue weighted by Gasteiger charge is 2.23. The zero-order chi connectivity index (χ0) is 23.8. The summed E-state index contributed by atoms with van der Waals surface area (Å²) in [7, 11) is 1.27. The molecule has 0 radical (unpaired) electrons. The Morgan fingerprint density at radius 2 is 1.75 bits per heavy atom. The Kier molecular flexibility index (Phi) is 8.80. The number of nitrogens with zero attached hydrogens (tertiary/aromatic N) is 2. The van der Waals surface area contributed by atoms with Gasteiger partial charge in [0, 0.05) is 13.6 Å². The van der Waals surface area contributed by atoms with Crippen molar-refractivity contribution >= 4 is 17.6 Å². The molecule has 1 aromatic heterocycles. The van der Waals surface area contributed by atoms with Gasteiger partial charge in [0.05, 0.1) is 12.2 Å². The lowest BCUT2D eigenvalue weighted by molar-refractivity contribution is 0.0474. The van der Waals surface area contributed by atoms with E-state index in [2.05, 4.69) is 6.92 Å². The molecule has 0 saturated carbocycles. The van der Waals surface area contributed by atoms with Gasteiger partial charge >= 0.3 is 11.7 Å². The number of ether oxygens (including phenoxy) is 2. The molecule has 9 heteroatoms. The van der Waals surface area contributed by atoms with Crippen molar-refractivity contribution < 1.29 is 19.1 Å². The first-order valence-corrected chi connectivity index (χ1v) is 10.7. The van der Waals surface area contributed by atoms with Crippen LogP contribution in [0.3, 0.4) is 0 Å². The highest BCUT2D eigenvalue weighted by molar-refractivity contribution is 6.02. The van der Waals surface area contributed by atoms with Crippen molar-refractivity contribution in [3.63, 3.8) is 0 Å². The second-order valence-corrected chi connectivity index (χ2v) is 7.99. The molecule has 0 aliphatic rings. The molecule has 1 aromatic carbocycles. The number of anilines is 1. The standard InChI is InChI=1S/C23H31N3O6/c1-5-6-7-12-31-17-10-8-16(9-11-17)22(29)32-14-18(27)19-20(24)26(13-15(2)3)23(30)25(4)21(19)28/h8-11,15H,5-7,12-14,24H2,1-4H3. The van der Waals surface area contributed by atoms with Crippen LogP contribution in [-0.2, 0) is 18.3 Å². The summed E-state index contributed by atoms with van der Waals surface area (Å²) in [5.41, 5.74) is 4.42. The maximum absolute atomic E-state index is 12.6. The number of rotatable bonds is 11. The number of carbonyl (C=O) groups is 2. The van der Waals surface area contributed by atoms with Crippen LogP contribution >= 0.6 is 0 Å². The minimum absolute atomic E-state index is 0.0619. The van der Waals surface area contributed by atoms with Gasteiger partial charge in [-0.15, -0.1) is 0 Å². The molecule has 0 fully saturated rings. The number of benzene rings is 1. The van der Waals surface area contributed by atoms with E-state index >= 15 is 0 Å². The van der Waals surface area contributed by atoms with Crippen LogP contribution in [0, 0.1) is 5.92 Å². The molecule has 2 N–H and O–H groups in total. The fraction of sp³-hybridized carbons (Fsp3) is 0.478. The molecule has 0 amide bonds. The van der Waals surface area contributed by atoms with Crippen molar-refractivity contribution in [1.29, 1.82) is 0 Å². The second-order valence-electron chi connectivity index (χ2n) is 7.99. The van der Waals surface area contributed by atoms with Gasteiger partial charge in [0.25, 0.3) is 5.56 Å². The summed E-state index contributed by atoms with van der Waals surface area (Å²) in [6, 6.07) is 6.39. The smallest absolute Gasteiger partial charge is 0.338 e. The summed E-state index contributed by atoms with van der Waals surface area (Å²) in [6.07, 6.45) is 3.14. The zero-order valence-corrected chi connectivity index (χ0v) is 19.1. The molecule has 2 aromatic rings. The topological polar surface area (TPSA) is 123 Å². The summed E-state index contributed by atoms with van der Waals surface area (Å²) in [5.74, 6) is -1.02. The Morgan fingerprint density at radius 1 is 1.09 bits per heavy atom. The van der Waals surface area contributed by atoms with Crippen LogP contribution in [0.15, 0.2) is 33.9 Å². The number of unbranched alkanes of at least 4 members (excludes halogenated alkanes) is 2. The van der Waals surface area contributed by atoms with Gasteiger partial charge in [0.1, 0.15) is 17.1 Å². The predicted octanol–water partition coefficient (Wildman–Crippen LogP) is 2.39. The minimum Gasteiger partial charge on any atom is -0.494 e. The number of Topliss-reactive ketones (excluding diaryl/α,β-unsaturated/α-hetero) is 1. The van der Waals surface area contributed by atoms with Crippen LogP contribution in [-0.4, -0.2) is 34.1 Å². The van der Waals surface area contributed by atoms with Gasteiger partial charge < -0.3 is 15.2 Å². The number of carbonyl (C=O) groups excluding carboxylic acids is 2. The molecule has 0 saturated heterocycles. The number of hydrogen-bond donors (Lipinski definition) is 1. The van der Waals surface area contributed by atoms with Gasteiger partial charge in [-0.2, -0.15) is 0 Å². The lowest BCUT2D eigenvalue weighted by atomic mass is 10.1. The SMILES string of the molecule is CCCCCOc1ccc(C(=O)OCC(=O)c2c(N)n(CC(C)C)c(=O)n(C)c2=O)cc1. The Balaban J connectivity index is 2.09. The van der Waals surface area contributed by atoms with Crippen molar-refractivity contribution in [3.8, 4) is 5.75 Å². The quantitative estimate of drug-likeness (QED) is 0.320. The molecule has 0 spiro atoms. The van der Waals surface area contributed by atoms with Crippen molar-refractivity contribution in [2.45, 2.75) is 46.6 Å². The highest BCUT2D eigenvalue weighted by atomic mass is 16.5. The van der Waals surface area contributed by atoms with Gasteiger partial charge in [0.2, 0.25) is 5.78 Å². The molecule has 1 heterocycles. The summed E-state index contributed by atoms with van der Waals surface area (Å²) < 4.78 is 12.7. The largest absolute Gasteiger partial charge is 0.494 e. The summed E-state index contributed by atoms with van der Waals surface area (Å²) in [4.78, 5) is 49.8. The van der Waals surface area contributed by atoms with Crippen molar-refractivity contribution in [2.24, 2.45) is 13.0 Å². The van der Waals surface area contributed by atoms with Crippen molar-refractivity contribution in [1.82, 2.24) is 9.13 Å². The lowest BCUT2D eigenvalue weighted by Crippen LogP contribution is -2.43. The van der Waals surface area contributed by atoms with E-state index in [-0.39, 0.29) is 29.4 Å². The average Bonchev–Trinajstić information content (AvgIpc) is 2.77. The molecule has 9 nitrogen and oxygen atoms in total. The van der Waals surface area contributed by atoms with E-state index < -0.39 is 29.6 Å². The van der Waals surface area contributed by atoms with Crippen LogP contribution < -0.4 is 21.7 Å². The molecule has 0 unspecified atom stereocenters. The van der Waals surface area contributed by atoms with Crippen LogP contribution in [0.25, 0.3) is 0 Å². The third-order valence-corrected chi connectivity index (χ3v) is 4.85. The van der Waals surface area contributed by atoms with Gasteiger partial charge in [-0.25, -0.2) is 9.59 Å². The molecule has 0 aliphatic carbocycles. The number of nitrogen functional groups attached to an aromatic ring is 1. The Bertz CT molecular complexity index is 1070. The third kappa shape index (κ3) is 6.09. The maximum atomic E-state index is 12.6. The number of ketones is 1. The lowest BCUT2D eigenvalue weighted by Gasteiger charge is -2.16. The van der Waals surface area contributed by atoms with E-state index in [9.17, 15) is 19.2 Å². The van der Waals surface area contributed by atoms with Crippen LogP contribution in [0.2, 0.25) is 0 Å². The normalized spacial score (nSPS) is 10.9. The van der Waals surface area contributed by atoms with E-state index in [4.69, 9.17) is 15.2 Å². The second kappa shape index (κ2) is 11.3. The van der Waals surface area contributed by atoms with Crippen LogP contribution in [0.5, 0.6) is 5.75 Å². The summed E-state index contributed by atoms with van der Waals surface area (Å²) in [5, 5.41) is 0. The maximum Gasteiger partial charge on any atom is 0.338 e. The monoisotopic (exact) mass is 445 g/mol. The molecule has 174 valence electrons. The molecule has 0 atom stereocenters. The Hall–Kier alpha value is -3.36. The van der Waals surface area contributed by atoms with Crippen molar-refractivity contribution in [2.75, 3.05) is 18.9 Å². The molecular formula is C23H31N3O6. The Morgan fingerprint density at radius 3 is 2.34 bits per heavy atom. The van der Waals surface area contributed by atoms with E-state index in [0.717, 1.165) is 23.8 Å². The molecule has 32 heavy (non-hydrogen) atoms. The van der Waals surface area contributed by atoms with Gasteiger partial charge in [-0.1, -0.05) is 33.6 Å². The number of aromatic nitrogens is 2. The van der Waals surface area contributed by atoms with Gasteiger partial charge in [0.15, 0.2) is 6.61 Å². The third-order valence-electron chi connectivity index (χ3n) is 4.85. The van der Waals surface area contributed by atoms with Gasteiger partial charge in [-0.05, 0) is 36.6 Å². The minimum atomic E-state index is -0.821. The summed E-state index contributed by atoms with van der Waals surface area (Å²) >= 11 is 0. The molecule has 0 bridgehead atoms. The first kappa shape index (κ1) is 24.9. The zero-order valence-electron chi connectivity index (χ0n) is 19.1. The average molecular weight is 446 g/mol. The van der Waals surface area contributed by atoms with Crippen LogP contribution in [0.4, 0.5) is 5.82 Å². The summed E-state index contributed by atoms with van der Waals surface area (Å²) in [6.45, 7) is 6.03. The highest BCUT2D eigenvalue weighted by Crippen LogP contribution is 2.14. The fourth-order valence-corrected chi connectivity index (χ4v) is 3.10. The van der Waals surface area contributed by atoms with Gasteiger partial charge in [-0.3, -0.25) is 18.7 Å². The molecule has 0 aliphatic heterocycles. The van der Waals surface area contributed by atoms with Crippen LogP contribution in [0.1, 0.15) is 60.7 Å². The van der Waals surface area contributed by atoms with Crippen molar-refractivity contribution in [3.05, 3.63) is 56.2 Å². The molecular weight excluding hydrogens is 414 g/mol. The number of nitrogens with two attached hydrogens (primary N) is 1. The number of esters is 1. The fourth-order valence-electron chi connectivity index (χ4n) is 3.10. The first-order valence-electron chi connectivity index (χ1n) is 10.7. The Labute approximate surface area is 186 Å². The van der Waals surface area contributed by atoms with E-state index in [0.29, 0.717) is 12.4 Å².